The lowest BCUT2D eigenvalue weighted by molar-refractivity contribution is 0.576. The number of hydrogen-bond acceptors (Lipinski definition) is 5. The number of sulfonamides is 1. The third kappa shape index (κ3) is 4.13. The minimum Gasteiger partial charge on any atom is -0.318 e. The van der Waals surface area contributed by atoms with Crippen LogP contribution in [-0.2, 0) is 29.5 Å². The molecule has 0 aliphatic heterocycles. The minimum atomic E-state index is -3.51. The molecule has 0 radical (unpaired) electrons. The fourth-order valence-electron chi connectivity index (χ4n) is 1.91. The Morgan fingerprint density at radius 2 is 2.24 bits per heavy atom. The van der Waals surface area contributed by atoms with Crippen LogP contribution in [0.15, 0.2) is 28.7 Å². The standard InChI is InChI=1S/C13H20N4O2S2/c1-3-11-4-7-20-13(11)9-16-21(18,19)12-8-15-17(10-12)6-5-14-2/h4,7-8,10,14,16H,3,5-6,9H2,1-2H3. The lowest BCUT2D eigenvalue weighted by Gasteiger charge is -2.05. The molecule has 2 rings (SSSR count). The molecule has 0 fully saturated rings. The Kier molecular flexibility index (Phi) is 5.51. The molecule has 116 valence electrons. The predicted molar refractivity (Wildman–Crippen MR) is 83.9 cm³/mol. The summed E-state index contributed by atoms with van der Waals surface area (Å²) in [4.78, 5) is 1.26. The van der Waals surface area contributed by atoms with Crippen LogP contribution in [0.2, 0.25) is 0 Å². The molecule has 0 bridgehead atoms. The monoisotopic (exact) mass is 328 g/mol. The van der Waals surface area contributed by atoms with Gasteiger partial charge in [0.2, 0.25) is 10.0 Å². The molecule has 2 aromatic rings. The van der Waals surface area contributed by atoms with Gasteiger partial charge in [-0.1, -0.05) is 6.92 Å². The number of thiophene rings is 1. The summed E-state index contributed by atoms with van der Waals surface area (Å²) in [5.74, 6) is 0. The first-order chi connectivity index (χ1) is 10.1. The van der Waals surface area contributed by atoms with E-state index < -0.39 is 10.0 Å². The average Bonchev–Trinajstić information content (AvgIpc) is 3.12. The van der Waals surface area contributed by atoms with E-state index in [0.29, 0.717) is 13.1 Å². The number of nitrogens with one attached hydrogen (secondary N) is 2. The first-order valence-corrected chi connectivity index (χ1v) is 9.15. The quantitative estimate of drug-likeness (QED) is 0.763. The summed E-state index contributed by atoms with van der Waals surface area (Å²) in [5, 5.41) is 9.04. The van der Waals surface area contributed by atoms with Gasteiger partial charge in [0.05, 0.1) is 12.7 Å². The van der Waals surface area contributed by atoms with Crippen molar-refractivity contribution in [3.05, 3.63) is 34.3 Å². The molecule has 2 aromatic heterocycles. The van der Waals surface area contributed by atoms with Crippen LogP contribution in [0, 0.1) is 0 Å². The van der Waals surface area contributed by atoms with Crippen LogP contribution in [0.25, 0.3) is 0 Å². The smallest absolute Gasteiger partial charge is 0.244 e. The third-order valence-electron chi connectivity index (χ3n) is 3.15. The molecule has 6 nitrogen and oxygen atoms in total. The summed E-state index contributed by atoms with van der Waals surface area (Å²) < 4.78 is 28.7. The molecule has 0 aromatic carbocycles. The van der Waals surface area contributed by atoms with Gasteiger partial charge in [0.1, 0.15) is 4.90 Å². The Hall–Kier alpha value is -1.22. The number of aryl methyl sites for hydroxylation is 1. The Labute approximate surface area is 129 Å². The Morgan fingerprint density at radius 1 is 1.43 bits per heavy atom. The van der Waals surface area contributed by atoms with Crippen molar-refractivity contribution in [2.45, 2.75) is 31.3 Å². The highest BCUT2D eigenvalue weighted by Crippen LogP contribution is 2.18. The van der Waals surface area contributed by atoms with Crippen LogP contribution in [0.3, 0.4) is 0 Å². The van der Waals surface area contributed by atoms with Gasteiger partial charge in [-0.15, -0.1) is 11.3 Å². The summed E-state index contributed by atoms with van der Waals surface area (Å²) >= 11 is 1.57. The third-order valence-corrected chi connectivity index (χ3v) is 5.47. The van der Waals surface area contributed by atoms with Crippen molar-refractivity contribution < 1.29 is 8.42 Å². The van der Waals surface area contributed by atoms with Crippen molar-refractivity contribution in [3.8, 4) is 0 Å². The van der Waals surface area contributed by atoms with Gasteiger partial charge in [-0.25, -0.2) is 13.1 Å². The van der Waals surface area contributed by atoms with E-state index in [1.165, 1.54) is 11.8 Å². The first-order valence-electron chi connectivity index (χ1n) is 6.78. The van der Waals surface area contributed by atoms with Gasteiger partial charge < -0.3 is 5.32 Å². The second-order valence-corrected chi connectivity index (χ2v) is 7.36. The fraction of sp³-hybridized carbons (Fsp3) is 0.462. The number of aromatic nitrogens is 2. The summed E-state index contributed by atoms with van der Waals surface area (Å²) in [5.41, 5.74) is 1.19. The maximum absolute atomic E-state index is 12.2. The van der Waals surface area contributed by atoms with Crippen molar-refractivity contribution in [1.29, 1.82) is 0 Å². The molecule has 0 saturated carbocycles. The van der Waals surface area contributed by atoms with E-state index >= 15 is 0 Å². The number of nitrogens with zero attached hydrogens (tertiary/aromatic N) is 2. The Balaban J connectivity index is 2.03. The number of rotatable bonds is 8. The fourth-order valence-corrected chi connectivity index (χ4v) is 3.87. The molecule has 0 spiro atoms. The van der Waals surface area contributed by atoms with E-state index in [1.54, 1.807) is 22.2 Å². The molecular formula is C13H20N4O2S2. The van der Waals surface area contributed by atoms with Gasteiger partial charge in [0.15, 0.2) is 0 Å². The van der Waals surface area contributed by atoms with Gasteiger partial charge in [0, 0.05) is 24.2 Å². The van der Waals surface area contributed by atoms with E-state index in [-0.39, 0.29) is 4.90 Å². The summed E-state index contributed by atoms with van der Waals surface area (Å²) in [7, 11) is -1.67. The van der Waals surface area contributed by atoms with Crippen molar-refractivity contribution >= 4 is 21.4 Å². The van der Waals surface area contributed by atoms with E-state index in [9.17, 15) is 8.42 Å². The molecule has 2 heterocycles. The van der Waals surface area contributed by atoms with Crippen LogP contribution < -0.4 is 10.0 Å². The SMILES string of the molecule is CCc1ccsc1CNS(=O)(=O)c1cnn(CCNC)c1. The zero-order valence-electron chi connectivity index (χ0n) is 12.2. The largest absolute Gasteiger partial charge is 0.318 e. The van der Waals surface area contributed by atoms with Crippen LogP contribution in [0.1, 0.15) is 17.4 Å². The van der Waals surface area contributed by atoms with Crippen LogP contribution in [0.4, 0.5) is 0 Å². The Bertz CT molecular complexity index is 676. The lowest BCUT2D eigenvalue weighted by Crippen LogP contribution is -2.23. The van der Waals surface area contributed by atoms with Crippen molar-refractivity contribution in [1.82, 2.24) is 19.8 Å². The van der Waals surface area contributed by atoms with Gasteiger partial charge in [-0.05, 0) is 30.5 Å². The highest BCUT2D eigenvalue weighted by Gasteiger charge is 2.17. The molecule has 0 amide bonds. The molecular weight excluding hydrogens is 308 g/mol. The predicted octanol–water partition coefficient (Wildman–Crippen LogP) is 1.20. The van der Waals surface area contributed by atoms with E-state index in [2.05, 4.69) is 22.1 Å². The molecule has 0 saturated heterocycles. The molecule has 8 heteroatoms. The highest BCUT2D eigenvalue weighted by atomic mass is 32.2. The second kappa shape index (κ2) is 7.17. The topological polar surface area (TPSA) is 76.0 Å². The second-order valence-electron chi connectivity index (χ2n) is 4.59. The Morgan fingerprint density at radius 3 is 2.95 bits per heavy atom. The maximum atomic E-state index is 12.2. The summed E-state index contributed by atoms with van der Waals surface area (Å²) in [6, 6.07) is 2.03. The molecule has 0 aliphatic rings. The molecule has 2 N–H and O–H groups in total. The van der Waals surface area contributed by atoms with Crippen LogP contribution in [-0.4, -0.2) is 31.8 Å². The molecule has 0 unspecified atom stereocenters. The number of likely N-dealkylation sites (N-methyl/N-ethyl adjacent to an activating group) is 1. The summed E-state index contributed by atoms with van der Waals surface area (Å²) in [6.45, 7) is 3.76. The maximum Gasteiger partial charge on any atom is 0.244 e. The first kappa shape index (κ1) is 16.2. The van der Waals surface area contributed by atoms with Crippen molar-refractivity contribution in [3.63, 3.8) is 0 Å². The lowest BCUT2D eigenvalue weighted by atomic mass is 10.2. The van der Waals surface area contributed by atoms with Crippen molar-refractivity contribution in [2.24, 2.45) is 0 Å². The highest BCUT2D eigenvalue weighted by molar-refractivity contribution is 7.89. The van der Waals surface area contributed by atoms with E-state index in [4.69, 9.17) is 0 Å². The zero-order chi connectivity index (χ0) is 15.3. The van der Waals surface area contributed by atoms with E-state index in [1.807, 2.05) is 18.5 Å². The normalized spacial score (nSPS) is 11.9. The van der Waals surface area contributed by atoms with Crippen LogP contribution >= 0.6 is 11.3 Å². The molecule has 21 heavy (non-hydrogen) atoms. The summed E-state index contributed by atoms with van der Waals surface area (Å²) in [6.07, 6.45) is 3.84. The minimum absolute atomic E-state index is 0.202. The van der Waals surface area contributed by atoms with Crippen molar-refractivity contribution in [2.75, 3.05) is 13.6 Å². The van der Waals surface area contributed by atoms with Crippen LogP contribution in [0.5, 0.6) is 0 Å². The zero-order valence-corrected chi connectivity index (χ0v) is 13.8. The molecule has 0 aliphatic carbocycles. The van der Waals surface area contributed by atoms with E-state index in [0.717, 1.165) is 17.8 Å². The van der Waals surface area contributed by atoms with Gasteiger partial charge in [-0.3, -0.25) is 4.68 Å². The van der Waals surface area contributed by atoms with Gasteiger partial charge >= 0.3 is 0 Å². The average molecular weight is 328 g/mol. The molecule has 0 atom stereocenters. The van der Waals surface area contributed by atoms with Gasteiger partial charge in [0.25, 0.3) is 0 Å². The van der Waals surface area contributed by atoms with Gasteiger partial charge in [-0.2, -0.15) is 5.10 Å². The number of hydrogen-bond donors (Lipinski definition) is 2.